The van der Waals surface area contributed by atoms with Crippen molar-refractivity contribution in [1.82, 2.24) is 0 Å². The number of fused-ring (bicyclic) bond motifs is 1. The fourth-order valence-corrected chi connectivity index (χ4v) is 3.42. The predicted molar refractivity (Wildman–Crippen MR) is 109 cm³/mol. The fraction of sp³-hybridized carbons (Fsp3) is 0.250. The first-order chi connectivity index (χ1) is 13.3. The molecule has 0 aliphatic heterocycles. The maximum Gasteiger partial charge on any atom is 0.338 e. The van der Waals surface area contributed by atoms with E-state index in [9.17, 15) is 9.59 Å². The Morgan fingerprint density at radius 1 is 1.00 bits per heavy atom. The van der Waals surface area contributed by atoms with Gasteiger partial charge < -0.3 is 9.47 Å². The largest absolute Gasteiger partial charge is 0.454 e. The van der Waals surface area contributed by atoms with E-state index in [0.717, 1.165) is 35.1 Å². The van der Waals surface area contributed by atoms with Gasteiger partial charge >= 0.3 is 11.9 Å². The first-order valence-corrected chi connectivity index (χ1v) is 9.25. The van der Waals surface area contributed by atoms with Crippen LogP contribution in [0.15, 0.2) is 60.7 Å². The van der Waals surface area contributed by atoms with Crippen LogP contribution >= 0.6 is 0 Å². The van der Waals surface area contributed by atoms with Gasteiger partial charge in [-0.25, -0.2) is 9.59 Å². The molecule has 2 aromatic carbocycles. The lowest BCUT2D eigenvalue weighted by Crippen LogP contribution is -2.09. The molecule has 1 aliphatic carbocycles. The first-order valence-electron chi connectivity index (χ1n) is 9.25. The third-order valence-electron chi connectivity index (χ3n) is 4.86. The smallest absolute Gasteiger partial charge is 0.338 e. The number of hydrogen-bond donors (Lipinski definition) is 0. The minimum atomic E-state index is -0.435. The van der Waals surface area contributed by atoms with Crippen molar-refractivity contribution in [2.75, 3.05) is 0 Å². The van der Waals surface area contributed by atoms with Crippen LogP contribution in [0.2, 0.25) is 0 Å². The molecule has 1 aliphatic rings. The van der Waals surface area contributed by atoms with Crippen LogP contribution in [0.25, 0.3) is 11.1 Å². The van der Waals surface area contributed by atoms with E-state index in [-0.39, 0.29) is 12.1 Å². The van der Waals surface area contributed by atoms with E-state index < -0.39 is 5.97 Å². The van der Waals surface area contributed by atoms with Crippen molar-refractivity contribution >= 4 is 11.9 Å². The minimum absolute atomic E-state index is 0.241. The second-order valence-corrected chi connectivity index (χ2v) is 7.23. The molecule has 4 heteroatoms. The fourth-order valence-electron chi connectivity index (χ4n) is 3.42. The topological polar surface area (TPSA) is 52.6 Å². The quantitative estimate of drug-likeness (QED) is 0.406. The molecular weight excluding hydrogens is 352 g/mol. The van der Waals surface area contributed by atoms with E-state index in [2.05, 4.69) is 19.2 Å². The summed E-state index contributed by atoms with van der Waals surface area (Å²) in [6.45, 7) is 12.5. The highest BCUT2D eigenvalue weighted by molar-refractivity contribution is 5.89. The zero-order chi connectivity index (χ0) is 20.4. The van der Waals surface area contributed by atoms with E-state index >= 15 is 0 Å². The molecule has 144 valence electrons. The maximum absolute atomic E-state index is 11.9. The van der Waals surface area contributed by atoms with Crippen LogP contribution in [0.1, 0.15) is 43.1 Å². The Balaban J connectivity index is 1.91. The van der Waals surface area contributed by atoms with Gasteiger partial charge in [-0.2, -0.15) is 0 Å². The average Bonchev–Trinajstić information content (AvgIpc) is 3.05. The summed E-state index contributed by atoms with van der Waals surface area (Å²) in [6.07, 6.45) is 1.36. The standard InChI is InChI=1S/C24H24O4/c1-14(2)23(25)27-17-9-10-18(16(5)13-17)19-7-6-8-21-20(19)11-12-22(21)28-24(26)15(3)4/h6-10,13,22H,1,3,11-12H2,2,4-5H3. The predicted octanol–water partition coefficient (Wildman–Crippen LogP) is 5.25. The molecule has 0 aromatic heterocycles. The van der Waals surface area contributed by atoms with Gasteiger partial charge in [-0.15, -0.1) is 0 Å². The van der Waals surface area contributed by atoms with Gasteiger partial charge in [0.05, 0.1) is 0 Å². The van der Waals surface area contributed by atoms with Crippen LogP contribution in [0.3, 0.4) is 0 Å². The molecule has 1 atom stereocenters. The van der Waals surface area contributed by atoms with Crippen molar-refractivity contribution in [2.45, 2.75) is 39.7 Å². The molecule has 2 aromatic rings. The molecule has 0 fully saturated rings. The van der Waals surface area contributed by atoms with Crippen molar-refractivity contribution in [3.8, 4) is 16.9 Å². The molecule has 0 N–H and O–H groups in total. The molecule has 3 rings (SSSR count). The van der Waals surface area contributed by atoms with Crippen molar-refractivity contribution in [1.29, 1.82) is 0 Å². The third kappa shape index (κ3) is 3.91. The highest BCUT2D eigenvalue weighted by Crippen LogP contribution is 2.41. The number of esters is 2. The zero-order valence-electron chi connectivity index (χ0n) is 16.5. The molecule has 0 spiro atoms. The van der Waals surface area contributed by atoms with E-state index in [0.29, 0.717) is 16.9 Å². The van der Waals surface area contributed by atoms with Crippen LogP contribution in [-0.4, -0.2) is 11.9 Å². The third-order valence-corrected chi connectivity index (χ3v) is 4.86. The SMILES string of the molecule is C=C(C)C(=O)Oc1ccc(-c2cccc3c2CCC3OC(=O)C(=C)C)c(C)c1. The van der Waals surface area contributed by atoms with Gasteiger partial charge in [0, 0.05) is 11.1 Å². The van der Waals surface area contributed by atoms with Crippen LogP contribution in [-0.2, 0) is 20.7 Å². The van der Waals surface area contributed by atoms with E-state index in [1.165, 1.54) is 5.56 Å². The minimum Gasteiger partial charge on any atom is -0.454 e. The number of carbonyl (C=O) groups excluding carboxylic acids is 2. The Morgan fingerprint density at radius 2 is 1.71 bits per heavy atom. The summed E-state index contributed by atoms with van der Waals surface area (Å²) < 4.78 is 10.9. The molecule has 0 saturated carbocycles. The molecule has 0 radical (unpaired) electrons. The number of hydrogen-bond acceptors (Lipinski definition) is 4. The Bertz CT molecular complexity index is 984. The summed E-state index contributed by atoms with van der Waals surface area (Å²) in [6, 6.07) is 11.7. The highest BCUT2D eigenvalue weighted by Gasteiger charge is 2.28. The highest BCUT2D eigenvalue weighted by atomic mass is 16.5. The molecule has 0 bridgehead atoms. The second kappa shape index (κ2) is 7.85. The molecule has 28 heavy (non-hydrogen) atoms. The van der Waals surface area contributed by atoms with Crippen LogP contribution in [0.4, 0.5) is 0 Å². The van der Waals surface area contributed by atoms with Crippen LogP contribution in [0.5, 0.6) is 5.75 Å². The summed E-state index contributed by atoms with van der Waals surface area (Å²) >= 11 is 0. The van der Waals surface area contributed by atoms with Gasteiger partial charge in [-0.1, -0.05) is 37.4 Å². The van der Waals surface area contributed by atoms with Crippen molar-refractivity contribution < 1.29 is 19.1 Å². The lowest BCUT2D eigenvalue weighted by molar-refractivity contribution is -0.144. The van der Waals surface area contributed by atoms with Gasteiger partial charge in [-0.05, 0) is 73.6 Å². The van der Waals surface area contributed by atoms with Crippen molar-refractivity contribution in [3.05, 3.63) is 77.4 Å². The molecule has 0 saturated heterocycles. The molecule has 0 heterocycles. The lowest BCUT2D eigenvalue weighted by Gasteiger charge is -2.15. The summed E-state index contributed by atoms with van der Waals surface area (Å²) in [5, 5.41) is 0. The second-order valence-electron chi connectivity index (χ2n) is 7.23. The number of rotatable bonds is 5. The summed E-state index contributed by atoms with van der Waals surface area (Å²) in [5.41, 5.74) is 6.18. The number of ether oxygens (including phenoxy) is 2. The normalized spacial score (nSPS) is 14.9. The van der Waals surface area contributed by atoms with Gasteiger partial charge in [0.1, 0.15) is 11.9 Å². The Morgan fingerprint density at radius 3 is 2.36 bits per heavy atom. The lowest BCUT2D eigenvalue weighted by atomic mass is 9.93. The monoisotopic (exact) mass is 376 g/mol. The van der Waals surface area contributed by atoms with Gasteiger partial charge in [0.25, 0.3) is 0 Å². The Hall–Kier alpha value is -3.14. The summed E-state index contributed by atoms with van der Waals surface area (Å²) in [5.74, 6) is -0.298. The number of aryl methyl sites for hydroxylation is 1. The van der Waals surface area contributed by atoms with Crippen molar-refractivity contribution in [3.63, 3.8) is 0 Å². The average molecular weight is 376 g/mol. The van der Waals surface area contributed by atoms with Gasteiger partial charge in [-0.3, -0.25) is 0 Å². The van der Waals surface area contributed by atoms with Crippen molar-refractivity contribution in [2.24, 2.45) is 0 Å². The van der Waals surface area contributed by atoms with E-state index in [1.807, 2.05) is 31.2 Å². The molecule has 4 nitrogen and oxygen atoms in total. The van der Waals surface area contributed by atoms with Gasteiger partial charge in [0.2, 0.25) is 0 Å². The molecule has 1 unspecified atom stereocenters. The number of benzene rings is 2. The maximum atomic E-state index is 11.9. The first kappa shape index (κ1) is 19.6. The van der Waals surface area contributed by atoms with Crippen LogP contribution in [0, 0.1) is 6.92 Å². The van der Waals surface area contributed by atoms with E-state index in [1.54, 1.807) is 19.9 Å². The number of carbonyl (C=O) groups is 2. The van der Waals surface area contributed by atoms with Gasteiger partial charge in [0.15, 0.2) is 0 Å². The molecular formula is C24H24O4. The summed E-state index contributed by atoms with van der Waals surface area (Å²) in [7, 11) is 0. The Kier molecular flexibility index (Phi) is 5.50. The zero-order valence-corrected chi connectivity index (χ0v) is 16.5. The van der Waals surface area contributed by atoms with Crippen LogP contribution < -0.4 is 4.74 Å². The Labute approximate surface area is 165 Å². The van der Waals surface area contributed by atoms with E-state index in [4.69, 9.17) is 9.47 Å². The summed E-state index contributed by atoms with van der Waals surface area (Å²) in [4.78, 5) is 23.7. The molecule has 0 amide bonds.